The monoisotopic (exact) mass is 224 g/mol. The second kappa shape index (κ2) is 4.14. The van der Waals surface area contributed by atoms with E-state index < -0.39 is 0 Å². The summed E-state index contributed by atoms with van der Waals surface area (Å²) in [5.74, 6) is 0.742. The van der Waals surface area contributed by atoms with Crippen molar-refractivity contribution in [2.45, 2.75) is 6.54 Å². The molecular weight excluding hydrogens is 216 g/mol. The standard InChI is InChI=1S/C8H9ClN6/c9-6-1-7(15-8(10)14-6)11-2-5-3-12-13-4-5/h1,3-4H,2H2,(H,12,13)(H3,10,11,14,15). The van der Waals surface area contributed by atoms with Crippen LogP contribution < -0.4 is 11.1 Å². The number of nitrogen functional groups attached to an aromatic ring is 1. The van der Waals surface area contributed by atoms with E-state index in [1.165, 1.54) is 0 Å². The van der Waals surface area contributed by atoms with Gasteiger partial charge in [0, 0.05) is 24.4 Å². The molecule has 0 radical (unpaired) electrons. The largest absolute Gasteiger partial charge is 0.368 e. The van der Waals surface area contributed by atoms with E-state index in [1.807, 2.05) is 0 Å². The Bertz CT molecular complexity index is 420. The molecule has 0 aliphatic rings. The first-order valence-electron chi connectivity index (χ1n) is 4.25. The highest BCUT2D eigenvalue weighted by molar-refractivity contribution is 6.29. The van der Waals surface area contributed by atoms with E-state index in [9.17, 15) is 0 Å². The fraction of sp³-hybridized carbons (Fsp3) is 0.125. The van der Waals surface area contributed by atoms with Gasteiger partial charge in [0.1, 0.15) is 11.0 Å². The van der Waals surface area contributed by atoms with E-state index in [0.29, 0.717) is 17.5 Å². The van der Waals surface area contributed by atoms with Crippen molar-refractivity contribution < 1.29 is 0 Å². The second-order valence-corrected chi connectivity index (χ2v) is 3.28. The molecule has 2 heterocycles. The zero-order valence-corrected chi connectivity index (χ0v) is 8.49. The maximum absolute atomic E-state index is 5.72. The van der Waals surface area contributed by atoms with E-state index in [0.717, 1.165) is 5.56 Å². The third kappa shape index (κ3) is 2.57. The molecular formula is C8H9ClN6. The van der Waals surface area contributed by atoms with Gasteiger partial charge in [-0.1, -0.05) is 11.6 Å². The van der Waals surface area contributed by atoms with Crippen LogP contribution in [0.2, 0.25) is 5.15 Å². The number of rotatable bonds is 3. The lowest BCUT2D eigenvalue weighted by molar-refractivity contribution is 1.09. The van der Waals surface area contributed by atoms with Crippen molar-refractivity contribution in [3.8, 4) is 0 Å². The molecule has 2 aromatic rings. The van der Waals surface area contributed by atoms with E-state index in [4.69, 9.17) is 17.3 Å². The molecule has 0 bridgehead atoms. The van der Waals surface area contributed by atoms with E-state index in [1.54, 1.807) is 18.5 Å². The molecule has 4 N–H and O–H groups in total. The quantitative estimate of drug-likeness (QED) is 0.678. The highest BCUT2D eigenvalue weighted by Crippen LogP contribution is 2.13. The summed E-state index contributed by atoms with van der Waals surface area (Å²) >= 11 is 5.72. The number of halogens is 1. The van der Waals surface area contributed by atoms with Gasteiger partial charge in [-0.25, -0.2) is 4.98 Å². The van der Waals surface area contributed by atoms with Gasteiger partial charge in [-0.2, -0.15) is 10.1 Å². The molecule has 0 fully saturated rings. The Hall–Kier alpha value is -1.82. The highest BCUT2D eigenvalue weighted by atomic mass is 35.5. The summed E-state index contributed by atoms with van der Waals surface area (Å²) in [7, 11) is 0. The van der Waals surface area contributed by atoms with Gasteiger partial charge in [0.15, 0.2) is 0 Å². The summed E-state index contributed by atoms with van der Waals surface area (Å²) in [5, 5.41) is 9.91. The van der Waals surface area contributed by atoms with Crippen LogP contribution >= 0.6 is 11.6 Å². The third-order valence-corrected chi connectivity index (χ3v) is 1.93. The fourth-order valence-electron chi connectivity index (χ4n) is 1.09. The van der Waals surface area contributed by atoms with Gasteiger partial charge in [0.2, 0.25) is 5.95 Å². The summed E-state index contributed by atoms with van der Waals surface area (Å²) in [5.41, 5.74) is 6.46. The Morgan fingerprint density at radius 2 is 2.33 bits per heavy atom. The Morgan fingerprint density at radius 1 is 1.47 bits per heavy atom. The minimum Gasteiger partial charge on any atom is -0.368 e. The first kappa shape index (κ1) is 9.72. The molecule has 0 saturated carbocycles. The van der Waals surface area contributed by atoms with Gasteiger partial charge in [0.25, 0.3) is 0 Å². The predicted molar refractivity (Wildman–Crippen MR) is 57.4 cm³/mol. The number of nitrogens with zero attached hydrogens (tertiary/aromatic N) is 3. The molecule has 0 amide bonds. The Labute approximate surface area is 90.9 Å². The average Bonchev–Trinajstić information content (AvgIpc) is 2.65. The third-order valence-electron chi connectivity index (χ3n) is 1.74. The second-order valence-electron chi connectivity index (χ2n) is 2.89. The summed E-state index contributed by atoms with van der Waals surface area (Å²) < 4.78 is 0. The smallest absolute Gasteiger partial charge is 0.223 e. The molecule has 0 spiro atoms. The van der Waals surface area contributed by atoms with Crippen molar-refractivity contribution in [1.82, 2.24) is 20.2 Å². The molecule has 2 aromatic heterocycles. The van der Waals surface area contributed by atoms with Gasteiger partial charge in [0.05, 0.1) is 6.20 Å². The molecule has 2 rings (SSSR count). The Morgan fingerprint density at radius 3 is 3.00 bits per heavy atom. The lowest BCUT2D eigenvalue weighted by Crippen LogP contribution is -2.03. The molecule has 0 aliphatic heterocycles. The number of aromatic nitrogens is 4. The summed E-state index contributed by atoms with van der Waals surface area (Å²) in [6, 6.07) is 1.61. The Kier molecular flexibility index (Phi) is 2.68. The van der Waals surface area contributed by atoms with Gasteiger partial charge < -0.3 is 11.1 Å². The number of nitrogens with one attached hydrogen (secondary N) is 2. The van der Waals surface area contributed by atoms with Gasteiger partial charge >= 0.3 is 0 Å². The van der Waals surface area contributed by atoms with Crippen molar-refractivity contribution in [1.29, 1.82) is 0 Å². The molecule has 15 heavy (non-hydrogen) atoms. The molecule has 0 atom stereocenters. The topological polar surface area (TPSA) is 92.5 Å². The van der Waals surface area contributed by atoms with Gasteiger partial charge in [-0.3, -0.25) is 5.10 Å². The first-order chi connectivity index (χ1) is 7.24. The first-order valence-corrected chi connectivity index (χ1v) is 4.63. The van der Waals surface area contributed by atoms with Crippen LogP contribution in [0.25, 0.3) is 0 Å². The summed E-state index contributed by atoms with van der Waals surface area (Å²) in [6.07, 6.45) is 3.51. The molecule has 7 heteroatoms. The van der Waals surface area contributed by atoms with Crippen molar-refractivity contribution in [2.75, 3.05) is 11.1 Å². The minimum absolute atomic E-state index is 0.150. The van der Waals surface area contributed by atoms with Crippen LogP contribution in [-0.2, 0) is 6.54 Å². The molecule has 0 aliphatic carbocycles. The number of anilines is 2. The summed E-state index contributed by atoms with van der Waals surface area (Å²) in [4.78, 5) is 7.73. The number of hydrogen-bond acceptors (Lipinski definition) is 5. The van der Waals surface area contributed by atoms with Crippen LogP contribution in [0.1, 0.15) is 5.56 Å². The maximum Gasteiger partial charge on any atom is 0.223 e. The molecule has 0 aromatic carbocycles. The number of aromatic amines is 1. The molecule has 6 nitrogen and oxygen atoms in total. The summed E-state index contributed by atoms with van der Waals surface area (Å²) in [6.45, 7) is 0.600. The van der Waals surface area contributed by atoms with Gasteiger partial charge in [-0.05, 0) is 0 Å². The van der Waals surface area contributed by atoms with Crippen molar-refractivity contribution in [3.05, 3.63) is 29.2 Å². The van der Waals surface area contributed by atoms with Crippen LogP contribution in [0.4, 0.5) is 11.8 Å². The number of nitrogens with two attached hydrogens (primary N) is 1. The zero-order valence-electron chi connectivity index (χ0n) is 7.74. The van der Waals surface area contributed by atoms with Gasteiger partial charge in [-0.15, -0.1) is 0 Å². The highest BCUT2D eigenvalue weighted by Gasteiger charge is 2.00. The van der Waals surface area contributed by atoms with Crippen LogP contribution in [0.3, 0.4) is 0 Å². The van der Waals surface area contributed by atoms with Crippen molar-refractivity contribution >= 4 is 23.4 Å². The molecule has 0 saturated heterocycles. The van der Waals surface area contributed by atoms with Crippen molar-refractivity contribution in [3.63, 3.8) is 0 Å². The lowest BCUT2D eigenvalue weighted by atomic mass is 10.3. The van der Waals surface area contributed by atoms with E-state index in [-0.39, 0.29) is 5.95 Å². The van der Waals surface area contributed by atoms with Crippen LogP contribution in [0.15, 0.2) is 18.5 Å². The zero-order chi connectivity index (χ0) is 10.7. The minimum atomic E-state index is 0.150. The molecule has 0 unspecified atom stereocenters. The number of hydrogen-bond donors (Lipinski definition) is 3. The van der Waals surface area contributed by atoms with E-state index in [2.05, 4.69) is 25.5 Å². The van der Waals surface area contributed by atoms with Crippen molar-refractivity contribution in [2.24, 2.45) is 0 Å². The van der Waals surface area contributed by atoms with E-state index >= 15 is 0 Å². The van der Waals surface area contributed by atoms with Crippen LogP contribution in [0.5, 0.6) is 0 Å². The SMILES string of the molecule is Nc1nc(Cl)cc(NCc2cn[nH]c2)n1. The average molecular weight is 225 g/mol. The fourth-order valence-corrected chi connectivity index (χ4v) is 1.28. The number of H-pyrrole nitrogens is 1. The predicted octanol–water partition coefficient (Wildman–Crippen LogP) is 1.05. The Balaban J connectivity index is 2.05. The maximum atomic E-state index is 5.72. The molecule has 78 valence electrons. The van der Waals surface area contributed by atoms with Crippen LogP contribution in [-0.4, -0.2) is 20.2 Å². The van der Waals surface area contributed by atoms with Crippen LogP contribution in [0, 0.1) is 0 Å². The normalized spacial score (nSPS) is 10.2. The lowest BCUT2D eigenvalue weighted by Gasteiger charge is -2.04.